The zero-order chi connectivity index (χ0) is 14.2. The van der Waals surface area contributed by atoms with Crippen molar-refractivity contribution in [3.8, 4) is 0 Å². The van der Waals surface area contributed by atoms with Gasteiger partial charge in [-0.25, -0.2) is 9.50 Å². The summed E-state index contributed by atoms with van der Waals surface area (Å²) in [5, 5.41) is 13.4. The van der Waals surface area contributed by atoms with Gasteiger partial charge in [0.25, 0.3) is 0 Å². The molecule has 2 heterocycles. The van der Waals surface area contributed by atoms with Crippen molar-refractivity contribution in [2.24, 2.45) is 0 Å². The molecule has 0 fully saturated rings. The first-order valence-corrected chi connectivity index (χ1v) is 6.09. The van der Waals surface area contributed by atoms with Gasteiger partial charge in [0.05, 0.1) is 5.69 Å². The molecule has 1 N–H and O–H groups in total. The van der Waals surface area contributed by atoms with Crippen molar-refractivity contribution >= 4 is 17.3 Å². The highest BCUT2D eigenvalue weighted by atomic mass is 16.4. The summed E-state index contributed by atoms with van der Waals surface area (Å²) in [7, 11) is 0. The van der Waals surface area contributed by atoms with Gasteiger partial charge >= 0.3 is 5.97 Å². The Kier molecular flexibility index (Phi) is 3.18. The van der Waals surface area contributed by atoms with Crippen LogP contribution in [0.15, 0.2) is 18.5 Å². The summed E-state index contributed by atoms with van der Waals surface area (Å²) in [4.78, 5) is 17.2. The molecule has 6 nitrogen and oxygen atoms in total. The summed E-state index contributed by atoms with van der Waals surface area (Å²) in [6, 6.07) is 1.91. The molecule has 19 heavy (non-hydrogen) atoms. The third kappa shape index (κ3) is 2.67. The number of aromatic nitrogens is 3. The van der Waals surface area contributed by atoms with Crippen LogP contribution in [-0.4, -0.2) is 37.8 Å². The maximum absolute atomic E-state index is 11.1. The van der Waals surface area contributed by atoms with Crippen molar-refractivity contribution in [3.05, 3.63) is 24.2 Å². The molecule has 0 saturated heterocycles. The van der Waals surface area contributed by atoms with Gasteiger partial charge in [-0.05, 0) is 33.8 Å². The summed E-state index contributed by atoms with van der Waals surface area (Å²) in [6.07, 6.45) is 3.39. The minimum absolute atomic E-state index is 0.0968. The fourth-order valence-electron chi connectivity index (χ4n) is 2.00. The van der Waals surface area contributed by atoms with E-state index in [9.17, 15) is 4.79 Å². The predicted octanol–water partition coefficient (Wildman–Crippen LogP) is 1.73. The van der Waals surface area contributed by atoms with Crippen molar-refractivity contribution in [2.75, 3.05) is 11.4 Å². The highest BCUT2D eigenvalue weighted by Gasteiger charge is 2.27. The third-order valence-electron chi connectivity index (χ3n) is 2.85. The van der Waals surface area contributed by atoms with E-state index in [0.717, 1.165) is 11.2 Å². The Labute approximate surface area is 111 Å². The SMILES string of the molecule is Cc1cc2c(N(CC(=O)O)C(C)(C)C)nccn2n1. The molecule has 0 saturated carbocycles. The number of aryl methyl sites for hydroxylation is 1. The predicted molar refractivity (Wildman–Crippen MR) is 72.5 cm³/mol. The van der Waals surface area contributed by atoms with E-state index >= 15 is 0 Å². The molecule has 0 aliphatic carbocycles. The second-order valence-electron chi connectivity index (χ2n) is 5.52. The smallest absolute Gasteiger partial charge is 0.323 e. The van der Waals surface area contributed by atoms with Crippen LogP contribution in [-0.2, 0) is 4.79 Å². The van der Waals surface area contributed by atoms with Crippen molar-refractivity contribution in [3.63, 3.8) is 0 Å². The molecule has 2 rings (SSSR count). The van der Waals surface area contributed by atoms with Crippen molar-refractivity contribution < 1.29 is 9.90 Å². The van der Waals surface area contributed by atoms with Gasteiger partial charge in [0.15, 0.2) is 5.82 Å². The number of hydrogen-bond acceptors (Lipinski definition) is 4. The molecule has 0 spiro atoms. The van der Waals surface area contributed by atoms with Gasteiger partial charge in [-0.2, -0.15) is 5.10 Å². The number of hydrogen-bond donors (Lipinski definition) is 1. The van der Waals surface area contributed by atoms with Crippen LogP contribution in [0.2, 0.25) is 0 Å². The van der Waals surface area contributed by atoms with Crippen molar-refractivity contribution in [1.82, 2.24) is 14.6 Å². The normalized spacial score (nSPS) is 11.8. The van der Waals surface area contributed by atoms with Crippen LogP contribution in [0, 0.1) is 6.92 Å². The van der Waals surface area contributed by atoms with Gasteiger partial charge in [0, 0.05) is 17.9 Å². The van der Waals surface area contributed by atoms with Crippen molar-refractivity contribution in [1.29, 1.82) is 0 Å². The molecule has 102 valence electrons. The van der Waals surface area contributed by atoms with Gasteiger partial charge in [-0.1, -0.05) is 0 Å². The van der Waals surface area contributed by atoms with E-state index in [4.69, 9.17) is 5.11 Å². The Morgan fingerprint density at radius 1 is 1.47 bits per heavy atom. The van der Waals surface area contributed by atoms with Gasteiger partial charge in [-0.3, -0.25) is 4.79 Å². The van der Waals surface area contributed by atoms with Gasteiger partial charge in [0.2, 0.25) is 0 Å². The molecule has 2 aromatic rings. The minimum Gasteiger partial charge on any atom is -0.480 e. The van der Waals surface area contributed by atoms with E-state index in [1.165, 1.54) is 0 Å². The van der Waals surface area contributed by atoms with Crippen LogP contribution >= 0.6 is 0 Å². The molecule has 0 radical (unpaired) electrons. The quantitative estimate of drug-likeness (QED) is 0.912. The number of carbonyl (C=O) groups is 1. The Morgan fingerprint density at radius 3 is 2.74 bits per heavy atom. The van der Waals surface area contributed by atoms with Crippen LogP contribution < -0.4 is 4.90 Å². The first kappa shape index (κ1) is 13.3. The number of aliphatic carboxylic acids is 1. The Hall–Kier alpha value is -2.11. The lowest BCUT2D eigenvalue weighted by Gasteiger charge is -2.35. The topological polar surface area (TPSA) is 70.7 Å². The van der Waals surface area contributed by atoms with E-state index < -0.39 is 5.97 Å². The lowest BCUT2D eigenvalue weighted by atomic mass is 10.1. The molecule has 0 aliphatic rings. The van der Waals surface area contributed by atoms with Gasteiger partial charge in [0.1, 0.15) is 12.1 Å². The fraction of sp³-hybridized carbons (Fsp3) is 0.462. The molecule has 0 aliphatic heterocycles. The summed E-state index contributed by atoms with van der Waals surface area (Å²) < 4.78 is 1.72. The van der Waals surface area contributed by atoms with E-state index in [2.05, 4.69) is 10.1 Å². The second kappa shape index (κ2) is 4.53. The van der Waals surface area contributed by atoms with E-state index in [1.807, 2.05) is 33.8 Å². The first-order valence-electron chi connectivity index (χ1n) is 6.09. The average molecular weight is 262 g/mol. The number of carboxylic acid groups (broad SMARTS) is 1. The van der Waals surface area contributed by atoms with E-state index in [0.29, 0.717) is 5.82 Å². The first-order chi connectivity index (χ1) is 8.79. The summed E-state index contributed by atoms with van der Waals surface area (Å²) in [5.41, 5.74) is 1.35. The van der Waals surface area contributed by atoms with E-state index in [1.54, 1.807) is 21.8 Å². The number of carboxylic acids is 1. The molecular weight excluding hydrogens is 244 g/mol. The van der Waals surface area contributed by atoms with Crippen LogP contribution in [0.5, 0.6) is 0 Å². The zero-order valence-electron chi connectivity index (χ0n) is 11.6. The molecule has 0 unspecified atom stereocenters. The highest BCUT2D eigenvalue weighted by molar-refractivity contribution is 5.78. The maximum atomic E-state index is 11.1. The van der Waals surface area contributed by atoms with Gasteiger partial charge in [-0.15, -0.1) is 0 Å². The lowest BCUT2D eigenvalue weighted by molar-refractivity contribution is -0.135. The monoisotopic (exact) mass is 262 g/mol. The summed E-state index contributed by atoms with van der Waals surface area (Å²) in [5.74, 6) is -0.243. The Bertz CT molecular complexity index is 613. The third-order valence-corrected chi connectivity index (χ3v) is 2.85. The molecule has 0 atom stereocenters. The van der Waals surface area contributed by atoms with Gasteiger partial charge < -0.3 is 10.0 Å². The largest absolute Gasteiger partial charge is 0.480 e. The summed E-state index contributed by atoms with van der Waals surface area (Å²) >= 11 is 0. The van der Waals surface area contributed by atoms with E-state index in [-0.39, 0.29) is 12.1 Å². The Balaban J connectivity index is 2.58. The van der Waals surface area contributed by atoms with Crippen LogP contribution in [0.3, 0.4) is 0 Å². The number of anilines is 1. The number of rotatable bonds is 3. The highest BCUT2D eigenvalue weighted by Crippen LogP contribution is 2.26. The molecule has 0 aromatic carbocycles. The number of nitrogens with zero attached hydrogens (tertiary/aromatic N) is 4. The molecule has 0 bridgehead atoms. The standard InChI is InChI=1S/C13H18N4O2/c1-9-7-10-12(14-5-6-17(10)15-9)16(8-11(18)19)13(2,3)4/h5-7H,8H2,1-4H3,(H,18,19). The zero-order valence-corrected chi connectivity index (χ0v) is 11.6. The molecule has 6 heteroatoms. The molecule has 0 amide bonds. The second-order valence-corrected chi connectivity index (χ2v) is 5.52. The average Bonchev–Trinajstić information content (AvgIpc) is 2.64. The molecule has 2 aromatic heterocycles. The fourth-order valence-corrected chi connectivity index (χ4v) is 2.00. The summed E-state index contributed by atoms with van der Waals surface area (Å²) in [6.45, 7) is 7.69. The van der Waals surface area contributed by atoms with Crippen LogP contribution in [0.1, 0.15) is 26.5 Å². The van der Waals surface area contributed by atoms with Crippen LogP contribution in [0.4, 0.5) is 5.82 Å². The van der Waals surface area contributed by atoms with Crippen molar-refractivity contribution in [2.45, 2.75) is 33.2 Å². The Morgan fingerprint density at radius 2 is 2.16 bits per heavy atom. The van der Waals surface area contributed by atoms with Crippen LogP contribution in [0.25, 0.3) is 5.52 Å². The molecular formula is C13H18N4O2. The number of fused-ring (bicyclic) bond motifs is 1. The maximum Gasteiger partial charge on any atom is 0.323 e. The minimum atomic E-state index is -0.880. The lowest BCUT2D eigenvalue weighted by Crippen LogP contribution is -2.45.